The fraction of sp³-hybridized carbons (Fsp3) is 0.345. The van der Waals surface area contributed by atoms with Crippen LogP contribution in [0, 0.1) is 0 Å². The average Bonchev–Trinajstić information content (AvgIpc) is 3.63. The standard InChI is InChI=1S/C29H31N3O5S/c1-4-37-28(34)25-26(19-10-6-5-7-11-19)30-29-32(21(18-38-29)17-24(33)31-14-8-9-15-31)27(25)20-12-13-22(35-2)23(16-20)36-3/h5-7,10-13,16,18,27H,4,8-9,14-15,17H2,1-3H3/t27-/m0/s1. The first-order chi connectivity index (χ1) is 18.5. The van der Waals surface area contributed by atoms with Crippen LogP contribution in [0.2, 0.25) is 0 Å². The number of hydrogen-bond donors (Lipinski definition) is 0. The molecule has 0 aromatic heterocycles. The van der Waals surface area contributed by atoms with Crippen molar-refractivity contribution in [3.05, 3.63) is 76.3 Å². The molecule has 0 aliphatic carbocycles. The summed E-state index contributed by atoms with van der Waals surface area (Å²) < 4.78 is 16.7. The minimum Gasteiger partial charge on any atom is -0.493 e. The highest BCUT2D eigenvalue weighted by Crippen LogP contribution is 2.48. The number of amides is 1. The lowest BCUT2D eigenvalue weighted by Gasteiger charge is -2.37. The summed E-state index contributed by atoms with van der Waals surface area (Å²) in [4.78, 5) is 35.7. The highest BCUT2D eigenvalue weighted by Gasteiger charge is 2.43. The van der Waals surface area contributed by atoms with E-state index in [-0.39, 0.29) is 18.9 Å². The molecule has 0 N–H and O–H groups in total. The van der Waals surface area contributed by atoms with Crippen molar-refractivity contribution in [3.63, 3.8) is 0 Å². The van der Waals surface area contributed by atoms with Gasteiger partial charge in [-0.15, -0.1) is 0 Å². The van der Waals surface area contributed by atoms with Gasteiger partial charge in [0.2, 0.25) is 5.91 Å². The molecular weight excluding hydrogens is 502 g/mol. The number of carbonyl (C=O) groups excluding carboxylic acids is 2. The molecule has 8 nitrogen and oxygen atoms in total. The fourth-order valence-corrected chi connectivity index (χ4v) is 5.98. The van der Waals surface area contributed by atoms with E-state index in [2.05, 4.69) is 0 Å². The molecule has 1 fully saturated rings. The smallest absolute Gasteiger partial charge is 0.338 e. The first kappa shape index (κ1) is 25.9. The van der Waals surface area contributed by atoms with Crippen molar-refractivity contribution in [2.45, 2.75) is 32.2 Å². The van der Waals surface area contributed by atoms with Gasteiger partial charge in [0.05, 0.1) is 44.6 Å². The van der Waals surface area contributed by atoms with E-state index in [0.29, 0.717) is 27.9 Å². The second kappa shape index (κ2) is 11.3. The van der Waals surface area contributed by atoms with Crippen LogP contribution in [0.4, 0.5) is 0 Å². The van der Waals surface area contributed by atoms with Gasteiger partial charge in [0.1, 0.15) is 0 Å². The van der Waals surface area contributed by atoms with E-state index in [4.69, 9.17) is 19.2 Å². The van der Waals surface area contributed by atoms with Gasteiger partial charge in [-0.25, -0.2) is 9.79 Å². The Kier molecular flexibility index (Phi) is 7.74. The minimum absolute atomic E-state index is 0.0807. The molecule has 1 amide bonds. The van der Waals surface area contributed by atoms with Gasteiger partial charge in [-0.1, -0.05) is 48.2 Å². The number of benzene rings is 2. The number of hydrogen-bond acceptors (Lipinski definition) is 8. The second-order valence-electron chi connectivity index (χ2n) is 9.12. The van der Waals surface area contributed by atoms with Crippen molar-refractivity contribution >= 4 is 34.5 Å². The first-order valence-corrected chi connectivity index (χ1v) is 13.6. The number of likely N-dealkylation sites (tertiary alicyclic amines) is 1. The number of aliphatic imine (C=N–C) groups is 1. The van der Waals surface area contributed by atoms with E-state index >= 15 is 0 Å². The molecular formula is C29H31N3O5S. The third-order valence-corrected chi connectivity index (χ3v) is 7.76. The van der Waals surface area contributed by atoms with E-state index in [9.17, 15) is 9.59 Å². The molecule has 1 saturated heterocycles. The predicted molar refractivity (Wildman–Crippen MR) is 148 cm³/mol. The predicted octanol–water partition coefficient (Wildman–Crippen LogP) is 4.99. The Morgan fingerprint density at radius 2 is 1.76 bits per heavy atom. The van der Waals surface area contributed by atoms with Gasteiger partial charge in [0, 0.05) is 24.4 Å². The van der Waals surface area contributed by atoms with Gasteiger partial charge in [0.15, 0.2) is 16.7 Å². The third kappa shape index (κ3) is 4.90. The fourth-order valence-electron chi connectivity index (χ4n) is 5.06. The second-order valence-corrected chi connectivity index (χ2v) is 9.96. The van der Waals surface area contributed by atoms with Crippen LogP contribution in [-0.4, -0.2) is 60.8 Å². The molecule has 0 radical (unpaired) electrons. The monoisotopic (exact) mass is 533 g/mol. The molecule has 2 aromatic carbocycles. The molecule has 0 spiro atoms. The SMILES string of the molecule is CCOC(=O)C1=C(c2ccccc2)N=C2SC=C(CC(=O)N3CCCC3)N2[C@H]1c1ccc(OC)c(OC)c1. The maximum absolute atomic E-state index is 13.6. The molecule has 3 aliphatic rings. The zero-order chi connectivity index (χ0) is 26.6. The van der Waals surface area contributed by atoms with Crippen molar-refractivity contribution in [1.82, 2.24) is 9.80 Å². The highest BCUT2D eigenvalue weighted by molar-refractivity contribution is 8.16. The lowest BCUT2D eigenvalue weighted by Crippen LogP contribution is -2.38. The Morgan fingerprint density at radius 3 is 2.45 bits per heavy atom. The van der Waals surface area contributed by atoms with Crippen LogP contribution in [0.1, 0.15) is 43.4 Å². The van der Waals surface area contributed by atoms with Gasteiger partial charge in [-0.2, -0.15) is 0 Å². The Balaban J connectivity index is 1.66. The number of nitrogens with zero attached hydrogens (tertiary/aromatic N) is 3. The summed E-state index contributed by atoms with van der Waals surface area (Å²) in [6.07, 6.45) is 2.29. The lowest BCUT2D eigenvalue weighted by atomic mass is 9.91. The Bertz CT molecular complexity index is 1310. The van der Waals surface area contributed by atoms with Gasteiger partial charge in [-0.05, 0) is 42.9 Å². The molecule has 0 bridgehead atoms. The zero-order valence-corrected chi connectivity index (χ0v) is 22.6. The van der Waals surface area contributed by atoms with E-state index in [1.54, 1.807) is 21.1 Å². The van der Waals surface area contributed by atoms with Gasteiger partial charge >= 0.3 is 5.97 Å². The van der Waals surface area contributed by atoms with Crippen molar-refractivity contribution < 1.29 is 23.8 Å². The largest absolute Gasteiger partial charge is 0.493 e. The zero-order valence-electron chi connectivity index (χ0n) is 21.8. The maximum atomic E-state index is 13.6. The number of carbonyl (C=O) groups is 2. The summed E-state index contributed by atoms with van der Waals surface area (Å²) >= 11 is 1.46. The summed E-state index contributed by atoms with van der Waals surface area (Å²) in [5, 5.41) is 2.68. The molecule has 2 aromatic rings. The van der Waals surface area contributed by atoms with Crippen LogP contribution in [0.3, 0.4) is 0 Å². The number of esters is 1. The minimum atomic E-state index is -0.579. The Hall–Kier alpha value is -3.72. The van der Waals surface area contributed by atoms with Crippen molar-refractivity contribution in [3.8, 4) is 11.5 Å². The molecule has 38 heavy (non-hydrogen) atoms. The first-order valence-electron chi connectivity index (χ1n) is 12.8. The van der Waals surface area contributed by atoms with Crippen molar-refractivity contribution in [2.24, 2.45) is 4.99 Å². The average molecular weight is 534 g/mol. The molecule has 1 atom stereocenters. The number of amidine groups is 1. The number of rotatable bonds is 8. The summed E-state index contributed by atoms with van der Waals surface area (Å²) in [5.74, 6) is 0.763. The normalized spacial score (nSPS) is 18.7. The van der Waals surface area contributed by atoms with E-state index in [1.165, 1.54) is 11.8 Å². The summed E-state index contributed by atoms with van der Waals surface area (Å²) in [7, 11) is 3.17. The number of fused-ring (bicyclic) bond motifs is 1. The molecule has 3 aliphatic heterocycles. The summed E-state index contributed by atoms with van der Waals surface area (Å²) in [6.45, 7) is 3.58. The van der Waals surface area contributed by atoms with Crippen LogP contribution < -0.4 is 9.47 Å². The summed E-state index contributed by atoms with van der Waals surface area (Å²) in [5.41, 5.74) is 3.39. The number of thioether (sulfide) groups is 1. The van der Waals surface area contributed by atoms with Crippen LogP contribution in [0.25, 0.3) is 5.70 Å². The van der Waals surface area contributed by atoms with Gasteiger partial charge in [0.25, 0.3) is 0 Å². The van der Waals surface area contributed by atoms with Crippen LogP contribution >= 0.6 is 11.8 Å². The molecule has 5 rings (SSSR count). The lowest BCUT2D eigenvalue weighted by molar-refractivity contribution is -0.139. The summed E-state index contributed by atoms with van der Waals surface area (Å²) in [6, 6.07) is 14.7. The highest BCUT2D eigenvalue weighted by atomic mass is 32.2. The molecule has 0 unspecified atom stereocenters. The van der Waals surface area contributed by atoms with Crippen molar-refractivity contribution in [2.75, 3.05) is 33.9 Å². The van der Waals surface area contributed by atoms with Gasteiger partial charge < -0.3 is 24.0 Å². The van der Waals surface area contributed by atoms with Crippen LogP contribution in [0.5, 0.6) is 11.5 Å². The Morgan fingerprint density at radius 1 is 1.03 bits per heavy atom. The number of ether oxygens (including phenoxy) is 3. The maximum Gasteiger partial charge on any atom is 0.338 e. The molecule has 0 saturated carbocycles. The van der Waals surface area contributed by atoms with Crippen LogP contribution in [0.15, 0.2) is 70.2 Å². The van der Waals surface area contributed by atoms with E-state index in [0.717, 1.165) is 42.8 Å². The molecule has 198 valence electrons. The molecule has 9 heteroatoms. The van der Waals surface area contributed by atoms with E-state index in [1.807, 2.05) is 63.7 Å². The van der Waals surface area contributed by atoms with Crippen LogP contribution in [-0.2, 0) is 14.3 Å². The molecule has 3 heterocycles. The van der Waals surface area contributed by atoms with Gasteiger partial charge in [-0.3, -0.25) is 4.79 Å². The number of methoxy groups -OCH3 is 2. The third-order valence-electron chi connectivity index (χ3n) is 6.87. The van der Waals surface area contributed by atoms with E-state index < -0.39 is 12.0 Å². The Labute approximate surface area is 226 Å². The van der Waals surface area contributed by atoms with Crippen molar-refractivity contribution in [1.29, 1.82) is 0 Å². The quantitative estimate of drug-likeness (QED) is 0.442. The topological polar surface area (TPSA) is 80.7 Å².